The number of nitrogens with zero attached hydrogens (tertiary/aromatic N) is 2. The highest BCUT2D eigenvalue weighted by Crippen LogP contribution is 2.39. The van der Waals surface area contributed by atoms with E-state index in [1.807, 2.05) is 12.4 Å². The molecule has 1 saturated carbocycles. The molecule has 0 spiro atoms. The van der Waals surface area contributed by atoms with Crippen molar-refractivity contribution in [3.05, 3.63) is 24.3 Å². The van der Waals surface area contributed by atoms with Gasteiger partial charge < -0.3 is 5.32 Å². The monoisotopic (exact) mass is 247 g/mol. The first kappa shape index (κ1) is 13.5. The highest BCUT2D eigenvalue weighted by atomic mass is 14.9. The number of hydrogen-bond acceptors (Lipinski definition) is 3. The molecule has 0 saturated heterocycles. The van der Waals surface area contributed by atoms with Crippen LogP contribution in [-0.2, 0) is 0 Å². The van der Waals surface area contributed by atoms with E-state index in [-0.39, 0.29) is 0 Å². The maximum atomic E-state index is 4.17. The first-order valence-corrected chi connectivity index (χ1v) is 7.20. The van der Waals surface area contributed by atoms with Gasteiger partial charge in [0.05, 0.1) is 0 Å². The van der Waals surface area contributed by atoms with Crippen molar-refractivity contribution in [2.45, 2.75) is 46.1 Å². The number of hydrogen-bond donors (Lipinski definition) is 1. The second kappa shape index (κ2) is 6.28. The Morgan fingerprint density at radius 2 is 1.94 bits per heavy atom. The standard InChI is InChI=1S/C15H25N3/c1-4-18-15(14-8-16-10-17-9-14)13-6-5-11(2)12(3)7-13/h8-13,15,18H,4-7H2,1-3H3. The fourth-order valence-corrected chi connectivity index (χ4v) is 3.14. The molecule has 0 bridgehead atoms. The summed E-state index contributed by atoms with van der Waals surface area (Å²) < 4.78 is 0. The van der Waals surface area contributed by atoms with Crippen molar-refractivity contribution < 1.29 is 0 Å². The second-order valence-electron chi connectivity index (χ2n) is 5.73. The summed E-state index contributed by atoms with van der Waals surface area (Å²) in [6.45, 7) is 7.95. The largest absolute Gasteiger partial charge is 0.310 e. The normalized spacial score (nSPS) is 30.1. The molecule has 100 valence electrons. The van der Waals surface area contributed by atoms with Gasteiger partial charge in [-0.05, 0) is 37.1 Å². The van der Waals surface area contributed by atoms with Crippen LogP contribution in [0.5, 0.6) is 0 Å². The van der Waals surface area contributed by atoms with Crippen LogP contribution in [0.15, 0.2) is 18.7 Å². The van der Waals surface area contributed by atoms with Gasteiger partial charge >= 0.3 is 0 Å². The summed E-state index contributed by atoms with van der Waals surface area (Å²) >= 11 is 0. The van der Waals surface area contributed by atoms with Gasteiger partial charge in [0.1, 0.15) is 6.33 Å². The molecular weight excluding hydrogens is 222 g/mol. The van der Waals surface area contributed by atoms with E-state index in [1.54, 1.807) is 6.33 Å². The molecule has 2 rings (SSSR count). The molecule has 0 amide bonds. The minimum Gasteiger partial charge on any atom is -0.310 e. The van der Waals surface area contributed by atoms with Gasteiger partial charge in [-0.2, -0.15) is 0 Å². The Morgan fingerprint density at radius 3 is 2.56 bits per heavy atom. The summed E-state index contributed by atoms with van der Waals surface area (Å²) in [5, 5.41) is 3.62. The first-order valence-electron chi connectivity index (χ1n) is 7.20. The van der Waals surface area contributed by atoms with Crippen molar-refractivity contribution in [1.29, 1.82) is 0 Å². The van der Waals surface area contributed by atoms with E-state index in [0.29, 0.717) is 6.04 Å². The predicted molar refractivity (Wildman–Crippen MR) is 74.1 cm³/mol. The smallest absolute Gasteiger partial charge is 0.115 e. The number of aromatic nitrogens is 2. The minimum absolute atomic E-state index is 0.422. The van der Waals surface area contributed by atoms with Gasteiger partial charge in [-0.1, -0.05) is 27.2 Å². The lowest BCUT2D eigenvalue weighted by atomic mass is 9.72. The Hall–Kier alpha value is -0.960. The molecule has 0 aromatic carbocycles. The Kier molecular flexibility index (Phi) is 4.70. The molecule has 1 aromatic heterocycles. The van der Waals surface area contributed by atoms with E-state index < -0.39 is 0 Å². The summed E-state index contributed by atoms with van der Waals surface area (Å²) in [6, 6.07) is 0.422. The highest BCUT2D eigenvalue weighted by molar-refractivity contribution is 5.11. The molecule has 1 heterocycles. The summed E-state index contributed by atoms with van der Waals surface area (Å²) in [6.07, 6.45) is 9.51. The summed E-state index contributed by atoms with van der Waals surface area (Å²) in [7, 11) is 0. The number of nitrogens with one attached hydrogen (secondary N) is 1. The molecule has 18 heavy (non-hydrogen) atoms. The lowest BCUT2D eigenvalue weighted by molar-refractivity contribution is 0.171. The van der Waals surface area contributed by atoms with Crippen LogP contribution in [-0.4, -0.2) is 16.5 Å². The van der Waals surface area contributed by atoms with Crippen molar-refractivity contribution in [3.63, 3.8) is 0 Å². The van der Waals surface area contributed by atoms with Crippen molar-refractivity contribution in [2.24, 2.45) is 17.8 Å². The Balaban J connectivity index is 2.11. The van der Waals surface area contributed by atoms with Crippen LogP contribution in [0, 0.1) is 17.8 Å². The maximum absolute atomic E-state index is 4.17. The molecule has 1 aliphatic carbocycles. The predicted octanol–water partition coefficient (Wildman–Crippen LogP) is 3.20. The minimum atomic E-state index is 0.422. The van der Waals surface area contributed by atoms with Crippen LogP contribution in [0.25, 0.3) is 0 Å². The SMILES string of the molecule is CCNC(c1cncnc1)C1CCC(C)C(C)C1. The topological polar surface area (TPSA) is 37.8 Å². The molecule has 0 radical (unpaired) electrons. The molecule has 4 atom stereocenters. The molecule has 3 nitrogen and oxygen atoms in total. The first-order chi connectivity index (χ1) is 8.72. The Morgan fingerprint density at radius 1 is 1.22 bits per heavy atom. The van der Waals surface area contributed by atoms with E-state index in [1.165, 1.54) is 24.8 Å². The molecule has 1 aliphatic rings. The quantitative estimate of drug-likeness (QED) is 0.888. The van der Waals surface area contributed by atoms with Crippen molar-refractivity contribution in [2.75, 3.05) is 6.54 Å². The molecule has 1 fully saturated rings. The second-order valence-corrected chi connectivity index (χ2v) is 5.73. The summed E-state index contributed by atoms with van der Waals surface area (Å²) in [4.78, 5) is 8.33. The van der Waals surface area contributed by atoms with Gasteiger partial charge in [-0.15, -0.1) is 0 Å². The lowest BCUT2D eigenvalue weighted by Crippen LogP contribution is -2.33. The van der Waals surface area contributed by atoms with Crippen LogP contribution >= 0.6 is 0 Å². The molecule has 4 unspecified atom stereocenters. The van der Waals surface area contributed by atoms with Crippen molar-refractivity contribution in [3.8, 4) is 0 Å². The zero-order valence-corrected chi connectivity index (χ0v) is 11.8. The molecule has 3 heteroatoms. The molecule has 0 aliphatic heterocycles. The van der Waals surface area contributed by atoms with Crippen LogP contribution < -0.4 is 5.32 Å². The van der Waals surface area contributed by atoms with E-state index in [0.717, 1.165) is 24.3 Å². The van der Waals surface area contributed by atoms with Crippen LogP contribution in [0.1, 0.15) is 51.6 Å². The van der Waals surface area contributed by atoms with Gasteiger partial charge in [0.2, 0.25) is 0 Å². The van der Waals surface area contributed by atoms with Gasteiger partial charge in [0.25, 0.3) is 0 Å². The molecular formula is C15H25N3. The van der Waals surface area contributed by atoms with Gasteiger partial charge in [0.15, 0.2) is 0 Å². The van der Waals surface area contributed by atoms with Gasteiger partial charge in [-0.25, -0.2) is 9.97 Å². The van der Waals surface area contributed by atoms with E-state index in [9.17, 15) is 0 Å². The average Bonchev–Trinajstić information content (AvgIpc) is 2.40. The van der Waals surface area contributed by atoms with E-state index in [2.05, 4.69) is 36.1 Å². The highest BCUT2D eigenvalue weighted by Gasteiger charge is 2.30. The zero-order valence-electron chi connectivity index (χ0n) is 11.8. The van der Waals surface area contributed by atoms with Crippen molar-refractivity contribution >= 4 is 0 Å². The lowest BCUT2D eigenvalue weighted by Gasteiger charge is -2.37. The van der Waals surface area contributed by atoms with E-state index in [4.69, 9.17) is 0 Å². The summed E-state index contributed by atoms with van der Waals surface area (Å²) in [5.74, 6) is 2.42. The molecule has 1 N–H and O–H groups in total. The molecule has 1 aromatic rings. The van der Waals surface area contributed by atoms with E-state index >= 15 is 0 Å². The summed E-state index contributed by atoms with van der Waals surface area (Å²) in [5.41, 5.74) is 1.24. The third-order valence-electron chi connectivity index (χ3n) is 4.47. The van der Waals surface area contributed by atoms with Crippen LogP contribution in [0.3, 0.4) is 0 Å². The fourth-order valence-electron chi connectivity index (χ4n) is 3.14. The Labute approximate surface area is 110 Å². The Bertz CT molecular complexity index is 352. The van der Waals surface area contributed by atoms with Crippen molar-refractivity contribution in [1.82, 2.24) is 15.3 Å². The van der Waals surface area contributed by atoms with Crippen LogP contribution in [0.2, 0.25) is 0 Å². The third-order valence-corrected chi connectivity index (χ3v) is 4.47. The maximum Gasteiger partial charge on any atom is 0.115 e. The van der Waals surface area contributed by atoms with Gasteiger partial charge in [0, 0.05) is 24.0 Å². The van der Waals surface area contributed by atoms with Gasteiger partial charge in [-0.3, -0.25) is 0 Å². The average molecular weight is 247 g/mol. The third kappa shape index (κ3) is 3.08. The zero-order chi connectivity index (χ0) is 13.0. The number of rotatable bonds is 4. The fraction of sp³-hybridized carbons (Fsp3) is 0.733. The van der Waals surface area contributed by atoms with Crippen LogP contribution in [0.4, 0.5) is 0 Å².